The van der Waals surface area contributed by atoms with Crippen LogP contribution >= 0.6 is 0 Å². The second-order valence-electron chi connectivity index (χ2n) is 5.93. The fourth-order valence-electron chi connectivity index (χ4n) is 1.99. The van der Waals surface area contributed by atoms with Crippen LogP contribution in [0.3, 0.4) is 0 Å². The molecule has 0 rings (SSSR count). The van der Waals surface area contributed by atoms with Crippen molar-refractivity contribution in [2.45, 2.75) is 57.7 Å². The predicted molar refractivity (Wildman–Crippen MR) is 112 cm³/mol. The van der Waals surface area contributed by atoms with Crippen molar-refractivity contribution in [2.75, 3.05) is 7.11 Å². The second kappa shape index (κ2) is 18.6. The summed E-state index contributed by atoms with van der Waals surface area (Å²) in [6, 6.07) is 0. The number of aliphatic hydroxyl groups is 2. The summed E-state index contributed by atoms with van der Waals surface area (Å²) >= 11 is 0. The molecule has 0 aromatic carbocycles. The van der Waals surface area contributed by atoms with Crippen LogP contribution < -0.4 is 0 Å². The fourth-order valence-corrected chi connectivity index (χ4v) is 1.99. The van der Waals surface area contributed by atoms with Gasteiger partial charge in [-0.15, -0.1) is 0 Å². The highest BCUT2D eigenvalue weighted by Crippen LogP contribution is 2.01. The molecule has 0 aromatic heterocycles. The van der Waals surface area contributed by atoms with Gasteiger partial charge in [0.2, 0.25) is 0 Å². The van der Waals surface area contributed by atoms with Crippen molar-refractivity contribution in [3.05, 3.63) is 72.9 Å². The van der Waals surface area contributed by atoms with Crippen LogP contribution in [-0.2, 0) is 9.53 Å². The molecule has 0 radical (unpaired) electrons. The number of aliphatic hydroxyl groups excluding tert-OH is 2. The van der Waals surface area contributed by atoms with Crippen LogP contribution in [0.15, 0.2) is 72.9 Å². The van der Waals surface area contributed by atoms with Gasteiger partial charge < -0.3 is 14.9 Å². The molecule has 0 amide bonds. The molecule has 0 spiro atoms. The summed E-state index contributed by atoms with van der Waals surface area (Å²) in [6.07, 6.45) is 25.9. The summed E-state index contributed by atoms with van der Waals surface area (Å²) in [7, 11) is 1.34. The van der Waals surface area contributed by atoms with Crippen LogP contribution in [0.1, 0.15) is 45.4 Å². The number of carbonyl (C=O) groups is 1. The van der Waals surface area contributed by atoms with Gasteiger partial charge in [-0.2, -0.15) is 0 Å². The Bertz CT molecular complexity index is 539. The maximum atomic E-state index is 11.0. The number of rotatable bonds is 14. The van der Waals surface area contributed by atoms with Gasteiger partial charge in [-0.25, -0.2) is 0 Å². The van der Waals surface area contributed by atoms with Gasteiger partial charge in [-0.3, -0.25) is 4.79 Å². The molecular formula is C23H34O4. The van der Waals surface area contributed by atoms with Gasteiger partial charge in [0.25, 0.3) is 0 Å². The van der Waals surface area contributed by atoms with Crippen molar-refractivity contribution in [2.24, 2.45) is 0 Å². The third-order valence-electron chi connectivity index (χ3n) is 3.52. The Balaban J connectivity index is 3.81. The summed E-state index contributed by atoms with van der Waals surface area (Å²) < 4.78 is 4.52. The van der Waals surface area contributed by atoms with Crippen LogP contribution in [0.5, 0.6) is 0 Å². The zero-order valence-electron chi connectivity index (χ0n) is 16.5. The van der Waals surface area contributed by atoms with Crippen LogP contribution in [0, 0.1) is 0 Å². The van der Waals surface area contributed by atoms with Crippen molar-refractivity contribution in [1.82, 2.24) is 0 Å². The molecule has 0 fully saturated rings. The minimum atomic E-state index is -0.635. The molecule has 4 nitrogen and oxygen atoms in total. The Morgan fingerprint density at radius 3 is 2.00 bits per heavy atom. The van der Waals surface area contributed by atoms with Crippen molar-refractivity contribution in [3.63, 3.8) is 0 Å². The first-order chi connectivity index (χ1) is 13.1. The van der Waals surface area contributed by atoms with Gasteiger partial charge >= 0.3 is 5.97 Å². The number of carbonyl (C=O) groups excluding carboxylic acids is 1. The Morgan fingerprint density at radius 1 is 0.852 bits per heavy atom. The van der Waals surface area contributed by atoms with Gasteiger partial charge in [-0.05, 0) is 32.1 Å². The third kappa shape index (κ3) is 18.4. The SMILES string of the molecule is CCC=CCC(O)C=CC=CCC=CCC=CC=CC(O)CCC(=O)OC. The number of hydrogen-bond donors (Lipinski definition) is 2. The van der Waals surface area contributed by atoms with Crippen molar-refractivity contribution in [1.29, 1.82) is 0 Å². The number of esters is 1. The van der Waals surface area contributed by atoms with E-state index in [0.717, 1.165) is 19.3 Å². The maximum Gasteiger partial charge on any atom is 0.305 e. The first kappa shape index (κ1) is 24.8. The maximum absolute atomic E-state index is 11.0. The molecule has 4 heteroatoms. The first-order valence-corrected chi connectivity index (χ1v) is 9.49. The molecule has 0 bridgehead atoms. The van der Waals surface area contributed by atoms with Crippen molar-refractivity contribution < 1.29 is 19.7 Å². The molecule has 0 heterocycles. The van der Waals surface area contributed by atoms with E-state index in [0.29, 0.717) is 12.8 Å². The highest BCUT2D eigenvalue weighted by Gasteiger charge is 2.04. The van der Waals surface area contributed by atoms with E-state index in [4.69, 9.17) is 0 Å². The lowest BCUT2D eigenvalue weighted by Crippen LogP contribution is -2.07. The highest BCUT2D eigenvalue weighted by atomic mass is 16.5. The van der Waals surface area contributed by atoms with Crippen molar-refractivity contribution >= 4 is 5.97 Å². The second-order valence-corrected chi connectivity index (χ2v) is 5.93. The van der Waals surface area contributed by atoms with E-state index in [1.165, 1.54) is 7.11 Å². The molecular weight excluding hydrogens is 340 g/mol. The summed E-state index contributed by atoms with van der Waals surface area (Å²) in [4.78, 5) is 11.0. The van der Waals surface area contributed by atoms with Crippen LogP contribution in [0.4, 0.5) is 0 Å². The molecule has 0 saturated heterocycles. The summed E-state index contributed by atoms with van der Waals surface area (Å²) in [5, 5.41) is 19.3. The first-order valence-electron chi connectivity index (χ1n) is 9.49. The van der Waals surface area contributed by atoms with Crippen LogP contribution in [0.2, 0.25) is 0 Å². The number of ether oxygens (including phenoxy) is 1. The third-order valence-corrected chi connectivity index (χ3v) is 3.52. The standard InChI is InChI=1S/C23H34O4/c1-3-4-13-16-21(24)17-14-11-9-7-5-6-8-10-12-15-18-22(25)19-20-23(26)27-2/h4-6,9-15,17-18,21-22,24-25H,3,7-8,16,19-20H2,1-2H3. The van der Waals surface area contributed by atoms with Gasteiger partial charge in [0.15, 0.2) is 0 Å². The monoisotopic (exact) mass is 374 g/mol. The quantitative estimate of drug-likeness (QED) is 0.265. The van der Waals surface area contributed by atoms with Gasteiger partial charge in [0, 0.05) is 6.42 Å². The van der Waals surface area contributed by atoms with E-state index in [-0.39, 0.29) is 12.4 Å². The summed E-state index contributed by atoms with van der Waals surface area (Å²) in [6.45, 7) is 2.07. The topological polar surface area (TPSA) is 66.8 Å². The Morgan fingerprint density at radius 2 is 1.44 bits per heavy atom. The van der Waals surface area contributed by atoms with Gasteiger partial charge in [0.05, 0.1) is 19.3 Å². The zero-order chi connectivity index (χ0) is 20.2. The van der Waals surface area contributed by atoms with Gasteiger partial charge in [-0.1, -0.05) is 79.8 Å². The zero-order valence-corrected chi connectivity index (χ0v) is 16.5. The minimum Gasteiger partial charge on any atom is -0.469 e. The van der Waals surface area contributed by atoms with E-state index in [9.17, 15) is 15.0 Å². The molecule has 0 aliphatic carbocycles. The average molecular weight is 375 g/mol. The normalized spacial score (nSPS) is 15.3. The number of hydrogen-bond acceptors (Lipinski definition) is 4. The van der Waals surface area contributed by atoms with E-state index in [2.05, 4.69) is 29.9 Å². The van der Waals surface area contributed by atoms with E-state index in [1.54, 1.807) is 18.2 Å². The lowest BCUT2D eigenvalue weighted by atomic mass is 10.2. The molecule has 0 aliphatic heterocycles. The van der Waals surface area contributed by atoms with Crippen LogP contribution in [-0.4, -0.2) is 35.5 Å². The van der Waals surface area contributed by atoms with E-state index < -0.39 is 12.2 Å². The summed E-state index contributed by atoms with van der Waals surface area (Å²) in [5.41, 5.74) is 0. The minimum absolute atomic E-state index is 0.214. The lowest BCUT2D eigenvalue weighted by Gasteiger charge is -2.02. The lowest BCUT2D eigenvalue weighted by molar-refractivity contribution is -0.141. The predicted octanol–water partition coefficient (Wildman–Crippen LogP) is 4.58. The Hall–Kier alpha value is -2.17. The molecule has 0 aromatic rings. The molecule has 2 N–H and O–H groups in total. The summed E-state index contributed by atoms with van der Waals surface area (Å²) in [5.74, 6) is -0.312. The van der Waals surface area contributed by atoms with E-state index >= 15 is 0 Å². The van der Waals surface area contributed by atoms with Crippen molar-refractivity contribution in [3.8, 4) is 0 Å². The van der Waals surface area contributed by atoms with Crippen LogP contribution in [0.25, 0.3) is 0 Å². The Kier molecular flexibility index (Phi) is 17.1. The molecule has 2 unspecified atom stereocenters. The fraction of sp³-hybridized carbons (Fsp3) is 0.435. The van der Waals surface area contributed by atoms with E-state index in [1.807, 2.05) is 36.5 Å². The largest absolute Gasteiger partial charge is 0.469 e. The average Bonchev–Trinajstić information content (AvgIpc) is 2.67. The number of allylic oxidation sites excluding steroid dienone is 9. The Labute approximate surface area is 163 Å². The highest BCUT2D eigenvalue weighted by molar-refractivity contribution is 5.69. The number of methoxy groups -OCH3 is 1. The smallest absolute Gasteiger partial charge is 0.305 e. The molecule has 27 heavy (non-hydrogen) atoms. The molecule has 2 atom stereocenters. The molecule has 0 saturated carbocycles. The molecule has 150 valence electrons. The van der Waals surface area contributed by atoms with Gasteiger partial charge in [0.1, 0.15) is 0 Å². The molecule has 0 aliphatic rings.